The van der Waals surface area contributed by atoms with E-state index >= 15 is 0 Å². The van der Waals surface area contributed by atoms with Crippen LogP contribution in [0.1, 0.15) is 40.6 Å². The van der Waals surface area contributed by atoms with Gasteiger partial charge >= 0.3 is 6.09 Å². The molecule has 2 amide bonds. The van der Waals surface area contributed by atoms with Crippen LogP contribution in [0.15, 0.2) is 47.0 Å². The monoisotopic (exact) mass is 419 g/mol. The van der Waals surface area contributed by atoms with E-state index in [2.05, 4.69) is 5.16 Å². The first-order valence-electron chi connectivity index (χ1n) is 10.3. The molecular weight excluding hydrogens is 394 g/mol. The van der Waals surface area contributed by atoms with E-state index in [-0.39, 0.29) is 18.5 Å². The van der Waals surface area contributed by atoms with Gasteiger partial charge in [0.15, 0.2) is 0 Å². The van der Waals surface area contributed by atoms with E-state index in [0.29, 0.717) is 34.8 Å². The second-order valence-electron chi connectivity index (χ2n) is 7.88. The Morgan fingerprint density at radius 1 is 1.10 bits per heavy atom. The van der Waals surface area contributed by atoms with Crippen LogP contribution in [0.2, 0.25) is 0 Å². The van der Waals surface area contributed by atoms with Crippen LogP contribution in [0.3, 0.4) is 0 Å². The van der Waals surface area contributed by atoms with Gasteiger partial charge in [-0.2, -0.15) is 0 Å². The van der Waals surface area contributed by atoms with Crippen molar-refractivity contribution < 1.29 is 19.2 Å². The molecule has 0 bridgehead atoms. The molecule has 1 aromatic heterocycles. The topological polar surface area (TPSA) is 86.9 Å². The number of aryl methyl sites for hydroxylation is 3. The molecule has 2 heterocycles. The van der Waals surface area contributed by atoms with Crippen molar-refractivity contribution in [2.45, 2.75) is 40.2 Å². The molecule has 0 aliphatic carbocycles. The Hall–Kier alpha value is -3.61. The molecule has 7 nitrogen and oxygen atoms in total. The SMILES string of the molecule is CCC1CN(C(=O)c2c(-c3ccccc3)noc2C)c2cc(C)c(C)cc2N1C(=O)O. The highest BCUT2D eigenvalue weighted by Gasteiger charge is 2.38. The maximum absolute atomic E-state index is 13.8. The summed E-state index contributed by atoms with van der Waals surface area (Å²) in [5, 5.41) is 14.0. The van der Waals surface area contributed by atoms with Crippen LogP contribution in [0, 0.1) is 20.8 Å². The lowest BCUT2D eigenvalue weighted by Crippen LogP contribution is -2.52. The molecule has 0 saturated carbocycles. The number of carbonyl (C=O) groups excluding carboxylic acids is 1. The summed E-state index contributed by atoms with van der Waals surface area (Å²) < 4.78 is 5.40. The fourth-order valence-corrected chi connectivity index (χ4v) is 4.10. The number of hydrogen-bond donors (Lipinski definition) is 1. The maximum atomic E-state index is 13.8. The molecule has 0 spiro atoms. The normalized spacial score (nSPS) is 15.7. The number of nitrogens with zero attached hydrogens (tertiary/aromatic N) is 3. The molecule has 0 saturated heterocycles. The second-order valence-corrected chi connectivity index (χ2v) is 7.88. The van der Waals surface area contributed by atoms with Crippen molar-refractivity contribution in [3.63, 3.8) is 0 Å². The van der Waals surface area contributed by atoms with Gasteiger partial charge in [0, 0.05) is 12.1 Å². The maximum Gasteiger partial charge on any atom is 0.412 e. The molecule has 0 radical (unpaired) electrons. The highest BCUT2D eigenvalue weighted by molar-refractivity contribution is 6.13. The third-order valence-corrected chi connectivity index (χ3v) is 5.95. The highest BCUT2D eigenvalue weighted by Crippen LogP contribution is 2.40. The first-order chi connectivity index (χ1) is 14.8. The number of anilines is 2. The predicted molar refractivity (Wildman–Crippen MR) is 119 cm³/mol. The Labute approximate surface area is 180 Å². The fraction of sp³-hybridized carbons (Fsp3) is 0.292. The van der Waals surface area contributed by atoms with Gasteiger partial charge in [0.25, 0.3) is 5.91 Å². The lowest BCUT2D eigenvalue weighted by Gasteiger charge is -2.41. The van der Waals surface area contributed by atoms with Crippen LogP contribution in [0.25, 0.3) is 11.3 Å². The molecule has 31 heavy (non-hydrogen) atoms. The summed E-state index contributed by atoms with van der Waals surface area (Å²) in [6, 6.07) is 12.8. The third kappa shape index (κ3) is 3.46. The van der Waals surface area contributed by atoms with Crippen molar-refractivity contribution in [3.8, 4) is 11.3 Å². The number of fused-ring (bicyclic) bond motifs is 1. The standard InChI is InChI=1S/C24H25N3O4/c1-5-18-13-26(19-11-14(2)15(3)12-20(19)27(18)24(29)30)23(28)21-16(4)31-25-22(21)17-9-7-6-8-10-17/h6-12,18H,5,13H2,1-4H3,(H,29,30). The van der Waals surface area contributed by atoms with E-state index in [1.807, 2.05) is 63.2 Å². The van der Waals surface area contributed by atoms with Crippen molar-refractivity contribution in [1.82, 2.24) is 5.16 Å². The molecule has 4 rings (SSSR count). The van der Waals surface area contributed by atoms with E-state index in [9.17, 15) is 14.7 Å². The summed E-state index contributed by atoms with van der Waals surface area (Å²) in [7, 11) is 0. The largest absolute Gasteiger partial charge is 0.465 e. The summed E-state index contributed by atoms with van der Waals surface area (Å²) in [5.74, 6) is 0.188. The van der Waals surface area contributed by atoms with Gasteiger partial charge in [0.2, 0.25) is 0 Å². The van der Waals surface area contributed by atoms with Gasteiger partial charge in [-0.1, -0.05) is 42.4 Å². The lowest BCUT2D eigenvalue weighted by molar-refractivity contribution is 0.0981. The Morgan fingerprint density at radius 2 is 1.74 bits per heavy atom. The molecule has 1 aliphatic heterocycles. The minimum atomic E-state index is -1.02. The van der Waals surface area contributed by atoms with Gasteiger partial charge in [-0.25, -0.2) is 4.79 Å². The number of hydrogen-bond acceptors (Lipinski definition) is 4. The van der Waals surface area contributed by atoms with Crippen LogP contribution in [0.4, 0.5) is 16.2 Å². The van der Waals surface area contributed by atoms with Gasteiger partial charge < -0.3 is 14.5 Å². The van der Waals surface area contributed by atoms with E-state index in [1.165, 1.54) is 4.90 Å². The predicted octanol–water partition coefficient (Wildman–Crippen LogP) is 5.19. The Bertz CT molecular complexity index is 1150. The molecule has 2 aromatic carbocycles. The zero-order valence-electron chi connectivity index (χ0n) is 18.0. The quantitative estimate of drug-likeness (QED) is 0.631. The summed E-state index contributed by atoms with van der Waals surface area (Å²) >= 11 is 0. The molecule has 1 aliphatic rings. The summed E-state index contributed by atoms with van der Waals surface area (Å²) in [4.78, 5) is 29.0. The van der Waals surface area contributed by atoms with Crippen LogP contribution >= 0.6 is 0 Å². The molecule has 3 aromatic rings. The van der Waals surface area contributed by atoms with Crippen LogP contribution in [0.5, 0.6) is 0 Å². The van der Waals surface area contributed by atoms with Crippen molar-refractivity contribution in [2.24, 2.45) is 0 Å². The van der Waals surface area contributed by atoms with Gasteiger partial charge in [0.1, 0.15) is 17.0 Å². The Kier molecular flexibility index (Phi) is 5.27. The fourth-order valence-electron chi connectivity index (χ4n) is 4.10. The van der Waals surface area contributed by atoms with Gasteiger partial charge in [-0.3, -0.25) is 9.69 Å². The minimum absolute atomic E-state index is 0.245. The van der Waals surface area contributed by atoms with E-state index in [0.717, 1.165) is 16.7 Å². The first kappa shape index (κ1) is 20.7. The number of aromatic nitrogens is 1. The van der Waals surface area contributed by atoms with Crippen molar-refractivity contribution >= 4 is 23.4 Å². The zero-order chi connectivity index (χ0) is 22.3. The number of carboxylic acid groups (broad SMARTS) is 1. The van der Waals surface area contributed by atoms with Crippen LogP contribution < -0.4 is 9.80 Å². The van der Waals surface area contributed by atoms with Crippen molar-refractivity contribution in [3.05, 3.63) is 64.9 Å². The van der Waals surface area contributed by atoms with Crippen LogP contribution in [-0.2, 0) is 0 Å². The second kappa shape index (κ2) is 7.91. The summed E-state index contributed by atoms with van der Waals surface area (Å²) in [6.45, 7) is 7.80. The number of carbonyl (C=O) groups is 2. The average Bonchev–Trinajstić information content (AvgIpc) is 3.14. The van der Waals surface area contributed by atoms with Gasteiger partial charge in [-0.05, 0) is 50.5 Å². The van der Waals surface area contributed by atoms with Crippen molar-refractivity contribution in [2.75, 3.05) is 16.3 Å². The number of amides is 2. The lowest BCUT2D eigenvalue weighted by atomic mass is 9.98. The molecular formula is C24H25N3O4. The number of benzene rings is 2. The van der Waals surface area contributed by atoms with Gasteiger partial charge in [-0.15, -0.1) is 0 Å². The van der Waals surface area contributed by atoms with E-state index < -0.39 is 6.09 Å². The Balaban J connectivity index is 1.87. The zero-order valence-corrected chi connectivity index (χ0v) is 18.0. The summed E-state index contributed by atoms with van der Waals surface area (Å²) in [6.07, 6.45) is -0.439. The molecule has 7 heteroatoms. The molecule has 1 N–H and O–H groups in total. The Morgan fingerprint density at radius 3 is 2.35 bits per heavy atom. The third-order valence-electron chi connectivity index (χ3n) is 5.95. The smallest absolute Gasteiger partial charge is 0.412 e. The molecule has 160 valence electrons. The molecule has 1 unspecified atom stereocenters. The average molecular weight is 419 g/mol. The highest BCUT2D eigenvalue weighted by atomic mass is 16.5. The molecule has 1 atom stereocenters. The number of rotatable bonds is 3. The molecule has 0 fully saturated rings. The van der Waals surface area contributed by atoms with E-state index in [1.54, 1.807) is 11.8 Å². The minimum Gasteiger partial charge on any atom is -0.465 e. The van der Waals surface area contributed by atoms with Crippen molar-refractivity contribution in [1.29, 1.82) is 0 Å². The van der Waals surface area contributed by atoms with Gasteiger partial charge in [0.05, 0.1) is 17.4 Å². The van der Waals surface area contributed by atoms with E-state index in [4.69, 9.17) is 4.52 Å². The first-order valence-corrected chi connectivity index (χ1v) is 10.3. The summed E-state index contributed by atoms with van der Waals surface area (Å²) in [5.41, 5.74) is 4.75. The van der Waals surface area contributed by atoms with Crippen LogP contribution in [-0.4, -0.2) is 34.9 Å².